The smallest absolute Gasteiger partial charge is 0.422 e. The van der Waals surface area contributed by atoms with Crippen LogP contribution in [0.4, 0.5) is 13.2 Å². The van der Waals surface area contributed by atoms with Gasteiger partial charge in [-0.1, -0.05) is 6.58 Å². The number of alkyl halides is 3. The molecule has 0 aliphatic carbocycles. The summed E-state index contributed by atoms with van der Waals surface area (Å²) in [4.78, 5) is 10.6. The maximum Gasteiger partial charge on any atom is 0.422 e. The minimum atomic E-state index is -4.73. The lowest BCUT2D eigenvalue weighted by Gasteiger charge is -2.08. The van der Waals surface area contributed by atoms with Crippen molar-refractivity contribution < 1.29 is 27.4 Å². The van der Waals surface area contributed by atoms with Crippen molar-refractivity contribution in [2.24, 2.45) is 0 Å². The monoisotopic (exact) mass is 198 g/mol. The van der Waals surface area contributed by atoms with Crippen LogP contribution in [0.2, 0.25) is 0 Å². The predicted molar refractivity (Wildman–Crippen MR) is 38.0 cm³/mol. The fraction of sp³-hybridized carbons (Fsp3) is 0.571. The first-order valence-corrected chi connectivity index (χ1v) is 3.31. The van der Waals surface area contributed by atoms with E-state index in [9.17, 15) is 18.0 Å². The highest BCUT2D eigenvalue weighted by Gasteiger charge is 2.37. The van der Waals surface area contributed by atoms with Gasteiger partial charge in [-0.05, 0) is 0 Å². The quantitative estimate of drug-likeness (QED) is 0.388. The van der Waals surface area contributed by atoms with Crippen LogP contribution in [0.1, 0.15) is 0 Å². The van der Waals surface area contributed by atoms with Crippen LogP contribution in [-0.4, -0.2) is 32.5 Å². The Labute approximate surface area is 73.1 Å². The van der Waals surface area contributed by atoms with E-state index in [0.29, 0.717) is 0 Å². The second-order valence-electron chi connectivity index (χ2n) is 2.11. The van der Waals surface area contributed by atoms with E-state index in [0.717, 1.165) is 0 Å². The molecule has 6 heteroatoms. The lowest BCUT2D eigenvalue weighted by Crippen LogP contribution is -2.22. The van der Waals surface area contributed by atoms with Crippen molar-refractivity contribution >= 4 is 5.97 Å². The van der Waals surface area contributed by atoms with Crippen molar-refractivity contribution in [1.29, 1.82) is 0 Å². The lowest BCUT2D eigenvalue weighted by molar-refractivity contribution is -0.151. The summed E-state index contributed by atoms with van der Waals surface area (Å²) in [7, 11) is 1.34. The molecule has 0 radical (unpaired) electrons. The minimum Gasteiger partial charge on any atom is -0.460 e. The van der Waals surface area contributed by atoms with Gasteiger partial charge in [-0.2, -0.15) is 13.2 Å². The summed E-state index contributed by atoms with van der Waals surface area (Å²) < 4.78 is 44.0. The molecule has 3 nitrogen and oxygen atoms in total. The third-order valence-electron chi connectivity index (χ3n) is 1.11. The van der Waals surface area contributed by atoms with Gasteiger partial charge in [0.1, 0.15) is 12.2 Å². The van der Waals surface area contributed by atoms with Crippen molar-refractivity contribution in [3.8, 4) is 0 Å². The van der Waals surface area contributed by atoms with Crippen LogP contribution in [0.5, 0.6) is 0 Å². The van der Waals surface area contributed by atoms with Gasteiger partial charge in [-0.15, -0.1) is 0 Å². The summed E-state index contributed by atoms with van der Waals surface area (Å²) in [6.07, 6.45) is -4.73. The Morgan fingerprint density at radius 2 is 1.92 bits per heavy atom. The largest absolute Gasteiger partial charge is 0.460 e. The van der Waals surface area contributed by atoms with Crippen molar-refractivity contribution in [2.45, 2.75) is 6.18 Å². The molecule has 0 amide bonds. The average molecular weight is 198 g/mol. The lowest BCUT2D eigenvalue weighted by atomic mass is 10.3. The van der Waals surface area contributed by atoms with Crippen LogP contribution in [0.3, 0.4) is 0 Å². The molecule has 0 saturated heterocycles. The Balaban J connectivity index is 3.92. The van der Waals surface area contributed by atoms with Crippen LogP contribution >= 0.6 is 0 Å². The average Bonchev–Trinajstić information content (AvgIpc) is 2.01. The zero-order valence-corrected chi connectivity index (χ0v) is 6.98. The SMILES string of the molecule is C=C(C(=O)OCCOC)C(F)(F)F. The first kappa shape index (κ1) is 12.0. The molecule has 0 atom stereocenters. The standard InChI is InChI=1S/C7H9F3O3/c1-5(7(8,9)10)6(11)13-4-3-12-2/h1,3-4H2,2H3. The number of carbonyl (C=O) groups is 1. The van der Waals surface area contributed by atoms with Crippen molar-refractivity contribution in [1.82, 2.24) is 0 Å². The van der Waals surface area contributed by atoms with E-state index in [1.807, 2.05) is 0 Å². The number of carbonyl (C=O) groups excluding carboxylic acids is 1. The number of hydrogen-bond donors (Lipinski definition) is 0. The maximum atomic E-state index is 11.8. The van der Waals surface area contributed by atoms with Gasteiger partial charge in [-0.25, -0.2) is 4.79 Å². The number of methoxy groups -OCH3 is 1. The second-order valence-corrected chi connectivity index (χ2v) is 2.11. The van der Waals surface area contributed by atoms with Crippen molar-refractivity contribution in [3.63, 3.8) is 0 Å². The normalized spacial score (nSPS) is 11.1. The van der Waals surface area contributed by atoms with Gasteiger partial charge in [0.05, 0.1) is 6.61 Å². The molecule has 0 aliphatic heterocycles. The Bertz CT molecular complexity index is 198. The summed E-state index contributed by atoms with van der Waals surface area (Å²) in [5.41, 5.74) is -1.51. The van der Waals surface area contributed by atoms with Crippen LogP contribution in [0.15, 0.2) is 12.2 Å². The molecule has 0 aliphatic rings. The molecule has 0 N–H and O–H groups in total. The van der Waals surface area contributed by atoms with E-state index >= 15 is 0 Å². The van der Waals surface area contributed by atoms with Gasteiger partial charge in [0.2, 0.25) is 0 Å². The first-order chi connectivity index (χ1) is 5.89. The fourth-order valence-corrected chi connectivity index (χ4v) is 0.421. The van der Waals surface area contributed by atoms with Crippen LogP contribution in [-0.2, 0) is 14.3 Å². The summed E-state index contributed by atoms with van der Waals surface area (Å²) in [5, 5.41) is 0. The van der Waals surface area contributed by atoms with E-state index in [2.05, 4.69) is 16.1 Å². The molecule has 0 heterocycles. The molecule has 13 heavy (non-hydrogen) atoms. The number of ether oxygens (including phenoxy) is 2. The summed E-state index contributed by atoms with van der Waals surface area (Å²) in [6, 6.07) is 0. The van der Waals surface area contributed by atoms with E-state index in [-0.39, 0.29) is 13.2 Å². The Kier molecular flexibility index (Phi) is 4.47. The summed E-state index contributed by atoms with van der Waals surface area (Å²) in [5.74, 6) is -1.47. The third kappa shape index (κ3) is 4.51. The van der Waals surface area contributed by atoms with Gasteiger partial charge in [0.25, 0.3) is 0 Å². The zero-order valence-electron chi connectivity index (χ0n) is 6.98. The predicted octanol–water partition coefficient (Wildman–Crippen LogP) is 1.29. The molecule has 0 aromatic rings. The highest BCUT2D eigenvalue weighted by atomic mass is 19.4. The fourth-order valence-electron chi connectivity index (χ4n) is 0.421. The molecule has 0 aromatic heterocycles. The highest BCUT2D eigenvalue weighted by molar-refractivity contribution is 5.89. The maximum absolute atomic E-state index is 11.8. The van der Waals surface area contributed by atoms with E-state index in [1.165, 1.54) is 7.11 Å². The van der Waals surface area contributed by atoms with E-state index in [1.54, 1.807) is 0 Å². The zero-order chi connectivity index (χ0) is 10.5. The Morgan fingerprint density at radius 3 is 2.31 bits per heavy atom. The van der Waals surface area contributed by atoms with Crippen molar-refractivity contribution in [3.05, 3.63) is 12.2 Å². The van der Waals surface area contributed by atoms with Gasteiger partial charge >= 0.3 is 12.1 Å². The van der Waals surface area contributed by atoms with Gasteiger partial charge < -0.3 is 9.47 Å². The number of rotatable bonds is 4. The number of halogens is 3. The van der Waals surface area contributed by atoms with Gasteiger partial charge in [0, 0.05) is 7.11 Å². The number of hydrogen-bond acceptors (Lipinski definition) is 3. The van der Waals surface area contributed by atoms with Crippen molar-refractivity contribution in [2.75, 3.05) is 20.3 Å². The molecule has 0 bridgehead atoms. The minimum absolute atomic E-state index is 0.0525. The Hall–Kier alpha value is -1.04. The highest BCUT2D eigenvalue weighted by Crippen LogP contribution is 2.24. The third-order valence-corrected chi connectivity index (χ3v) is 1.11. The van der Waals surface area contributed by atoms with Crippen LogP contribution in [0, 0.1) is 0 Å². The molecule has 0 unspecified atom stereocenters. The topological polar surface area (TPSA) is 35.5 Å². The van der Waals surface area contributed by atoms with Gasteiger partial charge in [0.15, 0.2) is 0 Å². The first-order valence-electron chi connectivity index (χ1n) is 3.31. The second kappa shape index (κ2) is 4.86. The van der Waals surface area contributed by atoms with Gasteiger partial charge in [-0.3, -0.25) is 0 Å². The van der Waals surface area contributed by atoms with Crippen LogP contribution < -0.4 is 0 Å². The van der Waals surface area contributed by atoms with E-state index < -0.39 is 17.7 Å². The molecule has 0 fully saturated rings. The molecular formula is C7H9F3O3. The molecule has 0 aromatic carbocycles. The Morgan fingerprint density at radius 1 is 1.38 bits per heavy atom. The molecule has 0 spiro atoms. The molecule has 76 valence electrons. The van der Waals surface area contributed by atoms with Crippen LogP contribution in [0.25, 0.3) is 0 Å². The summed E-state index contributed by atoms with van der Waals surface area (Å²) in [6.45, 7) is 2.40. The summed E-state index contributed by atoms with van der Waals surface area (Å²) >= 11 is 0. The molecular weight excluding hydrogens is 189 g/mol. The van der Waals surface area contributed by atoms with E-state index in [4.69, 9.17) is 0 Å². The molecule has 0 rings (SSSR count). The molecule has 0 saturated carbocycles. The number of esters is 1.